The van der Waals surface area contributed by atoms with Gasteiger partial charge in [-0.15, -0.1) is 11.6 Å². The van der Waals surface area contributed by atoms with Crippen LogP contribution in [0.1, 0.15) is 0 Å². The lowest BCUT2D eigenvalue weighted by molar-refractivity contribution is -0.144. The van der Waals surface area contributed by atoms with Crippen LogP contribution in [-0.2, 0) is 9.53 Å². The van der Waals surface area contributed by atoms with Crippen molar-refractivity contribution in [1.82, 2.24) is 0 Å². The van der Waals surface area contributed by atoms with Crippen molar-refractivity contribution < 1.29 is 9.53 Å². The minimum atomic E-state index is -1.65. The van der Waals surface area contributed by atoms with E-state index in [9.17, 15) is 4.79 Å². The van der Waals surface area contributed by atoms with E-state index in [0.29, 0.717) is 0 Å². The van der Waals surface area contributed by atoms with Crippen LogP contribution in [0.4, 0.5) is 0 Å². The first-order valence-electron chi connectivity index (χ1n) is 2.37. The fraction of sp³-hybridized carbons (Fsp3) is 0.750. The maximum atomic E-state index is 10.4. The lowest BCUT2D eigenvalue weighted by Crippen LogP contribution is -2.28. The van der Waals surface area contributed by atoms with Crippen molar-refractivity contribution in [3.63, 3.8) is 0 Å². The highest BCUT2D eigenvalue weighted by Crippen LogP contribution is 2.23. The molecule has 0 amide bonds. The first kappa shape index (κ1) is 10.3. The quantitative estimate of drug-likeness (QED) is 0.550. The molecule has 60 valence electrons. The van der Waals surface area contributed by atoms with E-state index in [1.165, 1.54) is 0 Å². The lowest BCUT2D eigenvalue weighted by atomic mass is 10.7. The Morgan fingerprint density at radius 3 is 2.40 bits per heavy atom. The highest BCUT2D eigenvalue weighted by Gasteiger charge is 2.26. The van der Waals surface area contributed by atoms with Crippen LogP contribution in [0.3, 0.4) is 0 Å². The van der Waals surface area contributed by atoms with E-state index >= 15 is 0 Å². The van der Waals surface area contributed by atoms with Gasteiger partial charge >= 0.3 is 5.97 Å². The van der Waals surface area contributed by atoms with E-state index in [-0.39, 0.29) is 12.4 Å². The molecule has 0 unspecified atom stereocenters. The van der Waals surface area contributed by atoms with Crippen LogP contribution in [0, 0.1) is 0 Å². The lowest BCUT2D eigenvalue weighted by Gasteiger charge is -2.15. The third-order valence-electron chi connectivity index (χ3n) is 0.585. The first-order chi connectivity index (χ1) is 4.52. The summed E-state index contributed by atoms with van der Waals surface area (Å²) in [4.78, 5) is 10.4. The van der Waals surface area contributed by atoms with E-state index < -0.39 is 10.5 Å². The number of hydrogen-bond donors (Lipinski definition) is 1. The smallest absolute Gasteiger partial charge is 0.322 e. The number of hydrogen-bond acceptors (Lipinski definition) is 3. The second kappa shape index (κ2) is 4.23. The maximum Gasteiger partial charge on any atom is 0.322 e. The van der Waals surface area contributed by atoms with E-state index in [2.05, 4.69) is 4.74 Å². The van der Waals surface area contributed by atoms with Crippen molar-refractivity contribution in [2.24, 2.45) is 5.73 Å². The zero-order valence-electron chi connectivity index (χ0n) is 4.94. The molecule has 10 heavy (non-hydrogen) atoms. The monoisotopic (exact) mass is 205 g/mol. The fourth-order valence-corrected chi connectivity index (χ4v) is 0.462. The zero-order chi connectivity index (χ0) is 8.20. The summed E-state index contributed by atoms with van der Waals surface area (Å²) < 4.78 is 2.72. The number of esters is 1. The Hall–Kier alpha value is 0.300. The Bertz CT molecular complexity index is 128. The standard InChI is InChI=1S/C4H6Cl3NO2/c5-2-4(6,7)10-3(9)1-8/h1-2,8H2. The van der Waals surface area contributed by atoms with Crippen LogP contribution >= 0.6 is 34.8 Å². The van der Waals surface area contributed by atoms with Gasteiger partial charge in [0.25, 0.3) is 4.52 Å². The molecule has 0 fully saturated rings. The summed E-state index contributed by atoms with van der Waals surface area (Å²) in [7, 11) is 0. The van der Waals surface area contributed by atoms with E-state index in [1.807, 2.05) is 0 Å². The topological polar surface area (TPSA) is 52.3 Å². The second-order valence-electron chi connectivity index (χ2n) is 1.45. The van der Waals surface area contributed by atoms with Crippen LogP contribution in [0.2, 0.25) is 0 Å². The van der Waals surface area contributed by atoms with Gasteiger partial charge in [-0.25, -0.2) is 0 Å². The van der Waals surface area contributed by atoms with Crippen LogP contribution in [0.5, 0.6) is 0 Å². The van der Waals surface area contributed by atoms with Gasteiger partial charge < -0.3 is 10.5 Å². The third-order valence-corrected chi connectivity index (χ3v) is 1.66. The largest absolute Gasteiger partial charge is 0.426 e. The van der Waals surface area contributed by atoms with Gasteiger partial charge in [0, 0.05) is 0 Å². The summed E-state index contributed by atoms with van der Waals surface area (Å²) in [5.74, 6) is -0.882. The van der Waals surface area contributed by atoms with Crippen molar-refractivity contribution in [2.45, 2.75) is 4.52 Å². The normalized spacial score (nSPS) is 11.2. The van der Waals surface area contributed by atoms with E-state index in [1.54, 1.807) is 0 Å². The third kappa shape index (κ3) is 4.17. The molecule has 0 aromatic heterocycles. The SMILES string of the molecule is NCC(=O)OC(Cl)(Cl)CCl. The molecule has 0 aromatic carbocycles. The van der Waals surface area contributed by atoms with Gasteiger partial charge in [-0.3, -0.25) is 4.79 Å². The van der Waals surface area contributed by atoms with Gasteiger partial charge in [0.05, 0.1) is 12.4 Å². The molecule has 0 rings (SSSR count). The molecule has 0 spiro atoms. The highest BCUT2D eigenvalue weighted by atomic mass is 35.5. The Morgan fingerprint density at radius 2 is 2.10 bits per heavy atom. The first-order valence-corrected chi connectivity index (χ1v) is 3.66. The molecule has 3 nitrogen and oxygen atoms in total. The maximum absolute atomic E-state index is 10.4. The average Bonchev–Trinajstić information content (AvgIpc) is 1.87. The summed E-state index contributed by atoms with van der Waals surface area (Å²) in [6.45, 7) is -0.266. The molecular formula is C4H6Cl3NO2. The summed E-state index contributed by atoms with van der Waals surface area (Å²) in [6, 6.07) is 0. The number of ether oxygens (including phenoxy) is 1. The molecule has 0 aliphatic carbocycles. The van der Waals surface area contributed by atoms with Crippen molar-refractivity contribution in [3.05, 3.63) is 0 Å². The minimum Gasteiger partial charge on any atom is -0.426 e. The molecule has 0 atom stereocenters. The molecule has 0 saturated carbocycles. The van der Waals surface area contributed by atoms with Crippen molar-refractivity contribution in [1.29, 1.82) is 0 Å². The van der Waals surface area contributed by atoms with Gasteiger partial charge in [-0.2, -0.15) is 0 Å². The molecule has 6 heteroatoms. The molecule has 0 saturated heterocycles. The minimum absolute atomic E-state index is 0.193. The molecule has 2 N–H and O–H groups in total. The number of carbonyl (C=O) groups is 1. The van der Waals surface area contributed by atoms with E-state index in [0.717, 1.165) is 0 Å². The Kier molecular flexibility index (Phi) is 4.36. The molecule has 0 bridgehead atoms. The molecule has 0 aliphatic rings. The molecular weight excluding hydrogens is 200 g/mol. The predicted octanol–water partition coefficient (Wildman–Crippen LogP) is 0.858. The van der Waals surface area contributed by atoms with Crippen molar-refractivity contribution >= 4 is 40.8 Å². The van der Waals surface area contributed by atoms with Gasteiger partial charge in [0.15, 0.2) is 0 Å². The Balaban J connectivity index is 3.76. The predicted molar refractivity (Wildman–Crippen MR) is 40.3 cm³/mol. The fourth-order valence-electron chi connectivity index (χ4n) is 0.235. The van der Waals surface area contributed by atoms with Crippen LogP contribution in [0.15, 0.2) is 0 Å². The second-order valence-corrected chi connectivity index (χ2v) is 3.13. The van der Waals surface area contributed by atoms with E-state index in [4.69, 9.17) is 40.5 Å². The highest BCUT2D eigenvalue weighted by molar-refractivity contribution is 6.50. The van der Waals surface area contributed by atoms with Gasteiger partial charge in [-0.05, 0) is 0 Å². The van der Waals surface area contributed by atoms with Gasteiger partial charge in [0.1, 0.15) is 0 Å². The van der Waals surface area contributed by atoms with Gasteiger partial charge in [-0.1, -0.05) is 23.2 Å². The van der Waals surface area contributed by atoms with Crippen molar-refractivity contribution in [2.75, 3.05) is 12.4 Å². The molecule has 0 radical (unpaired) electrons. The number of nitrogens with two attached hydrogens (primary N) is 1. The summed E-state index contributed by atoms with van der Waals surface area (Å²) in [5, 5.41) is 0. The summed E-state index contributed by atoms with van der Waals surface area (Å²) >= 11 is 15.9. The van der Waals surface area contributed by atoms with Crippen LogP contribution in [0.25, 0.3) is 0 Å². The average molecular weight is 206 g/mol. The number of alkyl halides is 3. The summed E-state index contributed by atoms with van der Waals surface area (Å²) in [5.41, 5.74) is 4.90. The summed E-state index contributed by atoms with van der Waals surface area (Å²) in [6.07, 6.45) is 0. The molecule has 0 aromatic rings. The van der Waals surface area contributed by atoms with Crippen molar-refractivity contribution in [3.8, 4) is 0 Å². The van der Waals surface area contributed by atoms with Gasteiger partial charge in [0.2, 0.25) is 0 Å². The molecule has 0 aliphatic heterocycles. The molecule has 0 heterocycles. The Morgan fingerprint density at radius 1 is 1.60 bits per heavy atom. The van der Waals surface area contributed by atoms with Crippen LogP contribution in [-0.4, -0.2) is 22.9 Å². The van der Waals surface area contributed by atoms with Crippen LogP contribution < -0.4 is 5.73 Å². The number of carbonyl (C=O) groups excluding carboxylic acids is 1. The Labute approximate surface area is 73.4 Å². The zero-order valence-corrected chi connectivity index (χ0v) is 7.21. The number of halogens is 3. The number of rotatable bonds is 3.